The molecule has 1 aliphatic carbocycles. The predicted molar refractivity (Wildman–Crippen MR) is 100 cm³/mol. The third kappa shape index (κ3) is 2.05. The van der Waals surface area contributed by atoms with Crippen molar-refractivity contribution >= 4 is 10.9 Å². The van der Waals surface area contributed by atoms with E-state index < -0.39 is 0 Å². The van der Waals surface area contributed by atoms with E-state index in [-0.39, 0.29) is 0 Å². The second-order valence-corrected chi connectivity index (χ2v) is 8.91. The van der Waals surface area contributed by atoms with E-state index in [2.05, 4.69) is 54.9 Å². The lowest BCUT2D eigenvalue weighted by molar-refractivity contribution is -0.0318. The molecular weight excluding hydrogens is 292 g/mol. The van der Waals surface area contributed by atoms with E-state index in [1.807, 2.05) is 0 Å². The second kappa shape index (κ2) is 5.36. The number of aromatic amines is 1. The molecule has 0 spiro atoms. The summed E-state index contributed by atoms with van der Waals surface area (Å²) in [6, 6.07) is 9.53. The summed E-state index contributed by atoms with van der Waals surface area (Å²) in [6.45, 7) is 10.1. The van der Waals surface area contributed by atoms with E-state index >= 15 is 0 Å². The van der Waals surface area contributed by atoms with Crippen LogP contribution in [0.25, 0.3) is 10.9 Å². The van der Waals surface area contributed by atoms with E-state index in [0.717, 1.165) is 29.6 Å². The number of nitrogens with one attached hydrogen (secondary N) is 1. The Morgan fingerprint density at radius 2 is 1.88 bits per heavy atom. The fourth-order valence-electron chi connectivity index (χ4n) is 6.23. The lowest BCUT2D eigenvalue weighted by Crippen LogP contribution is -2.51. The Balaban J connectivity index is 1.52. The molecule has 24 heavy (non-hydrogen) atoms. The standard InChI is InChI=1S/C22H30N2/c1-13-10-16-12-24-9-8-18-17-6-4-5-7-20(17)23-22(18)21(24)11-19(16)15(3)14(13)2/h4-7,13-16,19,21,23H,8-12H2,1-3H3. The summed E-state index contributed by atoms with van der Waals surface area (Å²) in [5.41, 5.74) is 4.49. The molecule has 0 bridgehead atoms. The summed E-state index contributed by atoms with van der Waals surface area (Å²) in [5.74, 6) is 4.48. The molecule has 1 saturated carbocycles. The molecule has 3 aliphatic rings. The zero-order chi connectivity index (χ0) is 16.4. The summed E-state index contributed by atoms with van der Waals surface area (Å²) < 4.78 is 0. The van der Waals surface area contributed by atoms with Crippen molar-refractivity contribution in [2.45, 2.75) is 46.1 Å². The lowest BCUT2D eigenvalue weighted by Gasteiger charge is -2.53. The Morgan fingerprint density at radius 3 is 2.75 bits per heavy atom. The summed E-state index contributed by atoms with van der Waals surface area (Å²) >= 11 is 0. The minimum Gasteiger partial charge on any atom is -0.357 e. The number of aromatic nitrogens is 1. The van der Waals surface area contributed by atoms with Gasteiger partial charge in [-0.2, -0.15) is 0 Å². The molecule has 0 amide bonds. The number of piperidine rings is 1. The van der Waals surface area contributed by atoms with Gasteiger partial charge >= 0.3 is 0 Å². The Morgan fingerprint density at radius 1 is 1.04 bits per heavy atom. The highest BCUT2D eigenvalue weighted by Gasteiger charge is 2.46. The SMILES string of the molecule is CC1CC2CN3CCc4c([nH]c5ccccc45)C3CC2C(C)C1C. The van der Waals surface area contributed by atoms with E-state index in [4.69, 9.17) is 0 Å². The van der Waals surface area contributed by atoms with Gasteiger partial charge in [0.1, 0.15) is 0 Å². The van der Waals surface area contributed by atoms with Gasteiger partial charge in [0.05, 0.1) is 6.04 Å². The van der Waals surface area contributed by atoms with Gasteiger partial charge in [-0.3, -0.25) is 4.90 Å². The highest BCUT2D eigenvalue weighted by atomic mass is 15.2. The zero-order valence-electron chi connectivity index (χ0n) is 15.3. The first-order valence-electron chi connectivity index (χ1n) is 9.97. The summed E-state index contributed by atoms with van der Waals surface area (Å²) in [7, 11) is 0. The number of hydrogen-bond acceptors (Lipinski definition) is 1. The lowest BCUT2D eigenvalue weighted by atomic mass is 9.60. The fraction of sp³-hybridized carbons (Fsp3) is 0.636. The van der Waals surface area contributed by atoms with Gasteiger partial charge in [-0.1, -0.05) is 39.0 Å². The molecule has 1 N–H and O–H groups in total. The molecule has 1 aromatic heterocycles. The van der Waals surface area contributed by atoms with E-state index in [0.29, 0.717) is 6.04 Å². The highest BCUT2D eigenvalue weighted by Crippen LogP contribution is 2.51. The summed E-state index contributed by atoms with van der Waals surface area (Å²) in [4.78, 5) is 6.60. The molecular formula is C22H30N2. The van der Waals surface area contributed by atoms with Crippen LogP contribution in [0.15, 0.2) is 24.3 Å². The molecule has 1 saturated heterocycles. The number of para-hydroxylation sites is 1. The molecule has 6 unspecified atom stereocenters. The molecule has 5 rings (SSSR count). The van der Waals surface area contributed by atoms with Crippen LogP contribution in [-0.4, -0.2) is 23.0 Å². The van der Waals surface area contributed by atoms with Crippen LogP contribution >= 0.6 is 0 Å². The zero-order valence-corrected chi connectivity index (χ0v) is 15.3. The van der Waals surface area contributed by atoms with Crippen LogP contribution in [-0.2, 0) is 6.42 Å². The van der Waals surface area contributed by atoms with E-state index in [9.17, 15) is 0 Å². The number of nitrogens with zero attached hydrogens (tertiary/aromatic N) is 1. The van der Waals surface area contributed by atoms with Crippen molar-refractivity contribution in [3.05, 3.63) is 35.5 Å². The maximum atomic E-state index is 3.80. The topological polar surface area (TPSA) is 19.0 Å². The second-order valence-electron chi connectivity index (χ2n) is 8.91. The fourth-order valence-corrected chi connectivity index (χ4v) is 6.23. The monoisotopic (exact) mass is 322 g/mol. The van der Waals surface area contributed by atoms with Gasteiger partial charge < -0.3 is 4.98 Å². The normalized spacial score (nSPS) is 39.3. The molecule has 2 nitrogen and oxygen atoms in total. The average Bonchev–Trinajstić information content (AvgIpc) is 2.97. The molecule has 6 atom stereocenters. The van der Waals surface area contributed by atoms with Gasteiger partial charge in [-0.25, -0.2) is 0 Å². The van der Waals surface area contributed by atoms with Crippen molar-refractivity contribution in [2.75, 3.05) is 13.1 Å². The number of benzene rings is 1. The van der Waals surface area contributed by atoms with Crippen molar-refractivity contribution in [2.24, 2.45) is 29.6 Å². The smallest absolute Gasteiger partial charge is 0.0504 e. The molecule has 2 aromatic rings. The largest absolute Gasteiger partial charge is 0.357 e. The van der Waals surface area contributed by atoms with Crippen molar-refractivity contribution < 1.29 is 0 Å². The van der Waals surface area contributed by atoms with Crippen molar-refractivity contribution in [1.82, 2.24) is 9.88 Å². The summed E-state index contributed by atoms with van der Waals surface area (Å²) in [6.07, 6.45) is 4.02. The van der Waals surface area contributed by atoms with Crippen molar-refractivity contribution in [3.63, 3.8) is 0 Å². The van der Waals surface area contributed by atoms with Crippen LogP contribution < -0.4 is 0 Å². The molecule has 3 heterocycles. The maximum absolute atomic E-state index is 3.80. The van der Waals surface area contributed by atoms with Gasteiger partial charge in [0.25, 0.3) is 0 Å². The predicted octanol–water partition coefficient (Wildman–Crippen LogP) is 5.02. The first-order chi connectivity index (χ1) is 11.6. The quantitative estimate of drug-likeness (QED) is 0.722. The molecule has 2 aliphatic heterocycles. The number of fused-ring (bicyclic) bond motifs is 6. The van der Waals surface area contributed by atoms with Crippen LogP contribution in [0.4, 0.5) is 0 Å². The Kier molecular flexibility index (Phi) is 3.35. The first kappa shape index (κ1) is 15.0. The minimum absolute atomic E-state index is 0.630. The van der Waals surface area contributed by atoms with Crippen molar-refractivity contribution in [1.29, 1.82) is 0 Å². The van der Waals surface area contributed by atoms with Crippen LogP contribution in [0.3, 0.4) is 0 Å². The van der Waals surface area contributed by atoms with Gasteiger partial charge in [0.15, 0.2) is 0 Å². The van der Waals surface area contributed by atoms with Crippen molar-refractivity contribution in [3.8, 4) is 0 Å². The Labute approximate surface area is 145 Å². The molecule has 128 valence electrons. The van der Waals surface area contributed by atoms with Crippen LogP contribution in [0.5, 0.6) is 0 Å². The van der Waals surface area contributed by atoms with E-state index in [1.165, 1.54) is 43.3 Å². The Hall–Kier alpha value is -1.28. The van der Waals surface area contributed by atoms with Crippen LogP contribution in [0, 0.1) is 29.6 Å². The van der Waals surface area contributed by atoms with Crippen LogP contribution in [0.1, 0.15) is 50.9 Å². The number of hydrogen-bond donors (Lipinski definition) is 1. The van der Waals surface area contributed by atoms with Gasteiger partial charge in [-0.05, 0) is 60.5 Å². The number of H-pyrrole nitrogens is 1. The average molecular weight is 322 g/mol. The number of rotatable bonds is 0. The highest BCUT2D eigenvalue weighted by molar-refractivity contribution is 5.85. The summed E-state index contributed by atoms with van der Waals surface area (Å²) in [5, 5.41) is 1.47. The van der Waals surface area contributed by atoms with Gasteiger partial charge in [0.2, 0.25) is 0 Å². The van der Waals surface area contributed by atoms with Gasteiger partial charge in [-0.15, -0.1) is 0 Å². The van der Waals surface area contributed by atoms with E-state index in [1.54, 1.807) is 11.3 Å². The Bertz CT molecular complexity index is 760. The maximum Gasteiger partial charge on any atom is 0.0504 e. The van der Waals surface area contributed by atoms with Gasteiger partial charge in [0, 0.05) is 29.7 Å². The molecule has 2 heteroatoms. The minimum atomic E-state index is 0.630. The third-order valence-corrected chi connectivity index (χ3v) is 7.92. The first-order valence-corrected chi connectivity index (χ1v) is 9.97. The van der Waals surface area contributed by atoms with Crippen LogP contribution in [0.2, 0.25) is 0 Å². The molecule has 0 radical (unpaired) electrons. The molecule has 1 aromatic carbocycles. The third-order valence-electron chi connectivity index (χ3n) is 7.92. The molecule has 2 fully saturated rings.